The van der Waals surface area contributed by atoms with E-state index in [1.165, 1.54) is 56.1 Å². The van der Waals surface area contributed by atoms with Gasteiger partial charge in [-0.25, -0.2) is 4.98 Å². The zero-order valence-electron chi connectivity index (χ0n) is 15.3. The lowest BCUT2D eigenvalue weighted by Crippen LogP contribution is -2.17. The van der Waals surface area contributed by atoms with Gasteiger partial charge in [-0.1, -0.05) is 26.2 Å². The normalized spacial score (nSPS) is 21.1. The van der Waals surface area contributed by atoms with Crippen LogP contribution in [0.3, 0.4) is 0 Å². The van der Waals surface area contributed by atoms with E-state index in [4.69, 9.17) is 4.98 Å². The molecule has 1 aliphatic rings. The van der Waals surface area contributed by atoms with Gasteiger partial charge in [-0.3, -0.25) is 0 Å². The third-order valence-corrected chi connectivity index (χ3v) is 5.80. The van der Waals surface area contributed by atoms with Crippen molar-refractivity contribution >= 4 is 11.0 Å². The number of nitriles is 1. The van der Waals surface area contributed by atoms with Crippen LogP contribution in [0, 0.1) is 31.1 Å². The van der Waals surface area contributed by atoms with Gasteiger partial charge in [0.25, 0.3) is 0 Å². The molecule has 0 bridgehead atoms. The lowest BCUT2D eigenvalue weighted by Gasteiger charge is -2.28. The third kappa shape index (κ3) is 3.34. The van der Waals surface area contributed by atoms with Gasteiger partial charge in [0.05, 0.1) is 17.1 Å². The highest BCUT2D eigenvalue weighted by Gasteiger charge is 2.26. The summed E-state index contributed by atoms with van der Waals surface area (Å²) in [5.41, 5.74) is 4.73. The Morgan fingerprint density at radius 2 is 1.88 bits per heavy atom. The van der Waals surface area contributed by atoms with Crippen LogP contribution in [0.1, 0.15) is 74.7 Å². The molecule has 0 aliphatic heterocycles. The summed E-state index contributed by atoms with van der Waals surface area (Å²) in [5, 5.41) is 9.28. The molecule has 0 N–H and O–H groups in total. The van der Waals surface area contributed by atoms with E-state index in [9.17, 15) is 5.26 Å². The van der Waals surface area contributed by atoms with Gasteiger partial charge in [0.15, 0.2) is 0 Å². The molecule has 1 aliphatic carbocycles. The average Bonchev–Trinajstić information content (AvgIpc) is 2.92. The van der Waals surface area contributed by atoms with Gasteiger partial charge in [-0.15, -0.1) is 0 Å². The number of hydrogen-bond acceptors (Lipinski definition) is 2. The molecule has 1 heterocycles. The van der Waals surface area contributed by atoms with Crippen molar-refractivity contribution in [2.24, 2.45) is 5.92 Å². The molecule has 24 heavy (non-hydrogen) atoms. The summed E-state index contributed by atoms with van der Waals surface area (Å²) in [6.45, 7) is 6.96. The fourth-order valence-corrected chi connectivity index (χ4v) is 4.15. The summed E-state index contributed by atoms with van der Waals surface area (Å²) in [6, 6.07) is 6.71. The van der Waals surface area contributed by atoms with E-state index in [0.29, 0.717) is 12.5 Å². The van der Waals surface area contributed by atoms with E-state index in [0.717, 1.165) is 22.8 Å². The first-order chi connectivity index (χ1) is 11.6. The minimum absolute atomic E-state index is 0.407. The van der Waals surface area contributed by atoms with Crippen LogP contribution in [0.25, 0.3) is 11.0 Å². The van der Waals surface area contributed by atoms with Crippen molar-refractivity contribution in [2.75, 3.05) is 0 Å². The van der Waals surface area contributed by atoms with Gasteiger partial charge in [0.1, 0.15) is 12.4 Å². The Hall–Kier alpha value is -1.82. The Balaban J connectivity index is 1.87. The van der Waals surface area contributed by atoms with Crippen LogP contribution in [0.2, 0.25) is 0 Å². The second kappa shape index (κ2) is 7.38. The Morgan fingerprint density at radius 3 is 2.54 bits per heavy atom. The molecule has 0 unspecified atom stereocenters. The molecule has 0 saturated heterocycles. The van der Waals surface area contributed by atoms with Gasteiger partial charge >= 0.3 is 0 Å². The zero-order valence-corrected chi connectivity index (χ0v) is 15.3. The Bertz CT molecular complexity index is 743. The van der Waals surface area contributed by atoms with Crippen molar-refractivity contribution in [3.63, 3.8) is 0 Å². The number of imidazole rings is 1. The SMILES string of the molecule is CCCCC1CCC(c2nc3cc(C)c(C)cc3n2CC#N)CC1. The first kappa shape index (κ1) is 17.0. The minimum Gasteiger partial charge on any atom is -0.314 e. The highest BCUT2D eigenvalue weighted by molar-refractivity contribution is 5.78. The summed E-state index contributed by atoms with van der Waals surface area (Å²) in [6.07, 6.45) is 9.13. The molecule has 1 saturated carbocycles. The van der Waals surface area contributed by atoms with E-state index in [2.05, 4.69) is 43.5 Å². The largest absolute Gasteiger partial charge is 0.314 e. The van der Waals surface area contributed by atoms with Crippen LogP contribution in [0.5, 0.6) is 0 Å². The summed E-state index contributed by atoms with van der Waals surface area (Å²) in [7, 11) is 0. The smallest absolute Gasteiger partial charge is 0.113 e. The molecule has 3 heteroatoms. The highest BCUT2D eigenvalue weighted by Crippen LogP contribution is 2.38. The fourth-order valence-electron chi connectivity index (χ4n) is 4.15. The van der Waals surface area contributed by atoms with Crippen molar-refractivity contribution < 1.29 is 0 Å². The number of nitrogens with zero attached hydrogens (tertiary/aromatic N) is 3. The molecule has 1 fully saturated rings. The van der Waals surface area contributed by atoms with Crippen molar-refractivity contribution in [3.05, 3.63) is 29.1 Å². The third-order valence-electron chi connectivity index (χ3n) is 5.80. The molecule has 128 valence electrons. The number of fused-ring (bicyclic) bond motifs is 1. The first-order valence-electron chi connectivity index (χ1n) is 9.48. The molecule has 1 aromatic heterocycles. The van der Waals surface area contributed by atoms with E-state index in [1.54, 1.807) is 0 Å². The molecule has 0 radical (unpaired) electrons. The minimum atomic E-state index is 0.407. The van der Waals surface area contributed by atoms with Gasteiger partial charge in [-0.2, -0.15) is 5.26 Å². The first-order valence-corrected chi connectivity index (χ1v) is 9.48. The summed E-state index contributed by atoms with van der Waals surface area (Å²) in [4.78, 5) is 4.96. The molecule has 0 amide bonds. The summed E-state index contributed by atoms with van der Waals surface area (Å²) in [5.74, 6) is 2.56. The number of aromatic nitrogens is 2. The van der Waals surface area contributed by atoms with E-state index in [1.807, 2.05) is 0 Å². The van der Waals surface area contributed by atoms with Gasteiger partial charge in [-0.05, 0) is 68.7 Å². The van der Waals surface area contributed by atoms with E-state index in [-0.39, 0.29) is 0 Å². The van der Waals surface area contributed by atoms with Gasteiger partial charge in [0, 0.05) is 5.92 Å². The number of hydrogen-bond donors (Lipinski definition) is 0. The lowest BCUT2D eigenvalue weighted by molar-refractivity contribution is 0.296. The zero-order chi connectivity index (χ0) is 17.1. The van der Waals surface area contributed by atoms with Crippen LogP contribution in [-0.4, -0.2) is 9.55 Å². The van der Waals surface area contributed by atoms with Gasteiger partial charge in [0.2, 0.25) is 0 Å². The maximum absolute atomic E-state index is 9.28. The van der Waals surface area contributed by atoms with E-state index < -0.39 is 0 Å². The van der Waals surface area contributed by atoms with Crippen LogP contribution in [0.15, 0.2) is 12.1 Å². The van der Waals surface area contributed by atoms with Crippen molar-refractivity contribution in [2.45, 2.75) is 78.2 Å². The van der Waals surface area contributed by atoms with Crippen LogP contribution >= 0.6 is 0 Å². The Kier molecular flexibility index (Phi) is 5.23. The number of benzene rings is 1. The monoisotopic (exact) mass is 323 g/mol. The molecule has 3 nitrogen and oxygen atoms in total. The second-order valence-corrected chi connectivity index (χ2v) is 7.50. The molecule has 0 spiro atoms. The molecule has 2 aromatic rings. The topological polar surface area (TPSA) is 41.6 Å². The Morgan fingerprint density at radius 1 is 1.17 bits per heavy atom. The second-order valence-electron chi connectivity index (χ2n) is 7.50. The quantitative estimate of drug-likeness (QED) is 0.714. The average molecular weight is 323 g/mol. The maximum Gasteiger partial charge on any atom is 0.113 e. The molecular weight excluding hydrogens is 294 g/mol. The summed E-state index contributed by atoms with van der Waals surface area (Å²) >= 11 is 0. The fraction of sp³-hybridized carbons (Fsp3) is 0.619. The molecule has 1 aromatic carbocycles. The van der Waals surface area contributed by atoms with Crippen molar-refractivity contribution in [1.82, 2.24) is 9.55 Å². The van der Waals surface area contributed by atoms with Crippen LogP contribution < -0.4 is 0 Å². The van der Waals surface area contributed by atoms with Crippen molar-refractivity contribution in [3.8, 4) is 6.07 Å². The predicted molar refractivity (Wildman–Crippen MR) is 99.0 cm³/mol. The molecule has 3 rings (SSSR count). The predicted octanol–water partition coefficient (Wildman–Crippen LogP) is 5.64. The number of rotatable bonds is 5. The molecular formula is C21H29N3. The highest BCUT2D eigenvalue weighted by atomic mass is 15.1. The van der Waals surface area contributed by atoms with Crippen LogP contribution in [-0.2, 0) is 6.54 Å². The molecule has 0 atom stereocenters. The maximum atomic E-state index is 9.28. The Labute approximate surface area is 145 Å². The number of aryl methyl sites for hydroxylation is 2. The number of unbranched alkanes of at least 4 members (excludes halogenated alkanes) is 1. The van der Waals surface area contributed by atoms with Gasteiger partial charge < -0.3 is 4.57 Å². The lowest BCUT2D eigenvalue weighted by atomic mass is 9.79. The van der Waals surface area contributed by atoms with Crippen LogP contribution in [0.4, 0.5) is 0 Å². The van der Waals surface area contributed by atoms with E-state index >= 15 is 0 Å². The standard InChI is InChI=1S/C21H29N3/c1-4-5-6-17-7-9-18(10-8-17)21-23-19-13-15(2)16(3)14-20(19)24(21)12-11-22/h13-14,17-18H,4-10,12H2,1-3H3. The summed E-state index contributed by atoms with van der Waals surface area (Å²) < 4.78 is 2.17. The van der Waals surface area contributed by atoms with Crippen molar-refractivity contribution in [1.29, 1.82) is 5.26 Å².